The summed E-state index contributed by atoms with van der Waals surface area (Å²) in [4.78, 5) is 6.86. The van der Waals surface area contributed by atoms with Crippen LogP contribution >= 0.6 is 0 Å². The van der Waals surface area contributed by atoms with Crippen molar-refractivity contribution in [1.82, 2.24) is 9.88 Å². The third-order valence-corrected chi connectivity index (χ3v) is 5.90. The van der Waals surface area contributed by atoms with Crippen LogP contribution in [0.15, 0.2) is 85.1 Å². The van der Waals surface area contributed by atoms with E-state index in [-0.39, 0.29) is 6.61 Å². The Morgan fingerprint density at radius 1 is 0.935 bits per heavy atom. The minimum absolute atomic E-state index is 0.273. The Hall–Kier alpha value is -3.21. The molecule has 1 N–H and O–H groups in total. The molecule has 0 fully saturated rings. The number of pyridine rings is 1. The van der Waals surface area contributed by atoms with Crippen molar-refractivity contribution in [3.05, 3.63) is 96.2 Å². The second kappa shape index (κ2) is 8.88. The first-order valence-electron chi connectivity index (χ1n) is 10.8. The first-order valence-corrected chi connectivity index (χ1v) is 10.8. The SMILES string of the molecule is O[C@H](COc1cccc(-c2cccc3cccnc23)c1)CN1CCc2ccccc2C1. The van der Waals surface area contributed by atoms with E-state index in [0.717, 1.165) is 47.3 Å². The minimum atomic E-state index is -0.534. The molecule has 1 aliphatic rings. The first-order chi connectivity index (χ1) is 15.3. The summed E-state index contributed by atoms with van der Waals surface area (Å²) in [5, 5.41) is 11.7. The van der Waals surface area contributed by atoms with Crippen molar-refractivity contribution in [2.75, 3.05) is 19.7 Å². The van der Waals surface area contributed by atoms with Crippen molar-refractivity contribution in [1.29, 1.82) is 0 Å². The highest BCUT2D eigenvalue weighted by atomic mass is 16.5. The number of fused-ring (bicyclic) bond motifs is 2. The van der Waals surface area contributed by atoms with Gasteiger partial charge in [0.05, 0.1) is 5.52 Å². The van der Waals surface area contributed by atoms with Crippen LogP contribution in [-0.4, -0.2) is 40.8 Å². The molecule has 1 aromatic heterocycles. The molecule has 0 spiro atoms. The van der Waals surface area contributed by atoms with E-state index in [4.69, 9.17) is 4.74 Å². The third-order valence-electron chi connectivity index (χ3n) is 5.90. The second-order valence-corrected chi connectivity index (χ2v) is 8.13. The maximum Gasteiger partial charge on any atom is 0.120 e. The number of rotatable bonds is 6. The Morgan fingerprint density at radius 2 is 1.77 bits per heavy atom. The highest BCUT2D eigenvalue weighted by Gasteiger charge is 2.18. The zero-order valence-electron chi connectivity index (χ0n) is 17.4. The molecular formula is C27H26N2O2. The van der Waals surface area contributed by atoms with Crippen LogP contribution in [0, 0.1) is 0 Å². The summed E-state index contributed by atoms with van der Waals surface area (Å²) < 4.78 is 5.96. The highest BCUT2D eigenvalue weighted by Crippen LogP contribution is 2.29. The fraction of sp³-hybridized carbons (Fsp3) is 0.222. The topological polar surface area (TPSA) is 45.6 Å². The van der Waals surface area contributed by atoms with Crippen molar-refractivity contribution in [3.8, 4) is 16.9 Å². The lowest BCUT2D eigenvalue weighted by Gasteiger charge is -2.30. The predicted molar refractivity (Wildman–Crippen MR) is 124 cm³/mol. The van der Waals surface area contributed by atoms with E-state index in [1.165, 1.54) is 11.1 Å². The maximum absolute atomic E-state index is 10.6. The molecule has 0 bridgehead atoms. The number of nitrogens with zero attached hydrogens (tertiary/aromatic N) is 2. The monoisotopic (exact) mass is 410 g/mol. The van der Waals surface area contributed by atoms with Crippen molar-refractivity contribution < 1.29 is 9.84 Å². The van der Waals surface area contributed by atoms with Crippen molar-refractivity contribution in [2.24, 2.45) is 0 Å². The number of hydrogen-bond acceptors (Lipinski definition) is 4. The molecule has 0 amide bonds. The van der Waals surface area contributed by atoms with Gasteiger partial charge in [0.2, 0.25) is 0 Å². The average molecular weight is 411 g/mol. The number of aliphatic hydroxyl groups excluding tert-OH is 1. The lowest BCUT2D eigenvalue weighted by molar-refractivity contribution is 0.0638. The Balaban J connectivity index is 1.23. The van der Waals surface area contributed by atoms with Gasteiger partial charge >= 0.3 is 0 Å². The molecule has 156 valence electrons. The van der Waals surface area contributed by atoms with Crippen LogP contribution in [0.5, 0.6) is 5.75 Å². The number of aliphatic hydroxyl groups is 1. The van der Waals surface area contributed by atoms with E-state index in [1.54, 1.807) is 0 Å². The van der Waals surface area contributed by atoms with Crippen molar-refractivity contribution >= 4 is 10.9 Å². The molecule has 4 aromatic rings. The van der Waals surface area contributed by atoms with Crippen LogP contribution in [0.4, 0.5) is 0 Å². The van der Waals surface area contributed by atoms with Gasteiger partial charge in [-0.25, -0.2) is 0 Å². The lowest BCUT2D eigenvalue weighted by atomic mass is 10.00. The summed E-state index contributed by atoms with van der Waals surface area (Å²) in [6.45, 7) is 2.74. The van der Waals surface area contributed by atoms with Crippen molar-refractivity contribution in [2.45, 2.75) is 19.1 Å². The molecule has 0 radical (unpaired) electrons. The summed E-state index contributed by atoms with van der Waals surface area (Å²) in [7, 11) is 0. The molecule has 4 heteroatoms. The summed E-state index contributed by atoms with van der Waals surface area (Å²) in [6.07, 6.45) is 2.32. The number of ether oxygens (including phenoxy) is 1. The van der Waals surface area contributed by atoms with Gasteiger partial charge in [-0.05, 0) is 41.3 Å². The van der Waals surface area contributed by atoms with Gasteiger partial charge < -0.3 is 9.84 Å². The fourth-order valence-corrected chi connectivity index (χ4v) is 4.34. The van der Waals surface area contributed by atoms with Gasteiger partial charge in [0.15, 0.2) is 0 Å². The maximum atomic E-state index is 10.6. The summed E-state index contributed by atoms with van der Waals surface area (Å²) >= 11 is 0. The smallest absolute Gasteiger partial charge is 0.120 e. The normalized spacial score (nSPS) is 14.9. The van der Waals surface area contributed by atoms with Crippen LogP contribution < -0.4 is 4.74 Å². The molecule has 1 aliphatic heterocycles. The highest BCUT2D eigenvalue weighted by molar-refractivity contribution is 5.93. The lowest BCUT2D eigenvalue weighted by Crippen LogP contribution is -2.38. The zero-order chi connectivity index (χ0) is 21.0. The molecule has 3 aromatic carbocycles. The molecule has 2 heterocycles. The largest absolute Gasteiger partial charge is 0.491 e. The standard InChI is InChI=1S/C27H26N2O2/c30-24(18-29-15-13-20-6-1-2-7-23(20)17-29)19-31-25-11-3-9-22(16-25)26-12-4-8-21-10-5-14-28-27(21)26/h1-12,14,16,24,30H,13,15,17-19H2/t24-/m0/s1. The molecular weight excluding hydrogens is 384 g/mol. The van der Waals surface area contributed by atoms with Crippen LogP contribution in [0.3, 0.4) is 0 Å². The van der Waals surface area contributed by atoms with Gasteiger partial charge in [0.25, 0.3) is 0 Å². The van der Waals surface area contributed by atoms with E-state index < -0.39 is 6.10 Å². The van der Waals surface area contributed by atoms with Gasteiger partial charge in [-0.3, -0.25) is 9.88 Å². The molecule has 0 aliphatic carbocycles. The quantitative estimate of drug-likeness (QED) is 0.500. The van der Waals surface area contributed by atoms with Gasteiger partial charge in [-0.1, -0.05) is 60.7 Å². The number of β-amino-alcohol motifs (C(OH)–C–C–N with tert-alkyl or cyclic N) is 1. The van der Waals surface area contributed by atoms with Gasteiger partial charge in [0, 0.05) is 36.8 Å². The number of hydrogen-bond donors (Lipinski definition) is 1. The predicted octanol–water partition coefficient (Wildman–Crippen LogP) is 4.70. The summed E-state index contributed by atoms with van der Waals surface area (Å²) in [5.41, 5.74) is 5.90. The molecule has 4 nitrogen and oxygen atoms in total. The van der Waals surface area contributed by atoms with Crippen LogP contribution in [0.25, 0.3) is 22.0 Å². The molecule has 5 rings (SSSR count). The van der Waals surface area contributed by atoms with E-state index >= 15 is 0 Å². The summed E-state index contributed by atoms with van der Waals surface area (Å²) in [5.74, 6) is 0.758. The van der Waals surface area contributed by atoms with E-state index in [1.807, 2.05) is 36.5 Å². The van der Waals surface area contributed by atoms with E-state index in [9.17, 15) is 5.11 Å². The Labute approximate surface area is 182 Å². The second-order valence-electron chi connectivity index (χ2n) is 8.13. The van der Waals surface area contributed by atoms with E-state index in [0.29, 0.717) is 6.54 Å². The fourth-order valence-electron chi connectivity index (χ4n) is 4.34. The molecule has 0 saturated heterocycles. The van der Waals surface area contributed by atoms with Crippen molar-refractivity contribution in [3.63, 3.8) is 0 Å². The Kier molecular flexibility index (Phi) is 5.65. The molecule has 31 heavy (non-hydrogen) atoms. The van der Waals surface area contributed by atoms with Crippen LogP contribution in [0.2, 0.25) is 0 Å². The third kappa shape index (κ3) is 4.46. The summed E-state index contributed by atoms with van der Waals surface area (Å²) in [6, 6.07) is 26.8. The number of benzene rings is 3. The van der Waals surface area contributed by atoms with E-state index in [2.05, 4.69) is 58.4 Å². The average Bonchev–Trinajstić information content (AvgIpc) is 2.82. The number of aromatic nitrogens is 1. The number of para-hydroxylation sites is 1. The first kappa shape index (κ1) is 19.7. The molecule has 1 atom stereocenters. The molecule has 0 saturated carbocycles. The van der Waals surface area contributed by atoms with Gasteiger partial charge in [-0.15, -0.1) is 0 Å². The Bertz CT molecular complexity index is 1190. The molecule has 0 unspecified atom stereocenters. The van der Waals surface area contributed by atoms with Gasteiger partial charge in [0.1, 0.15) is 18.5 Å². The van der Waals surface area contributed by atoms with Crippen LogP contribution in [-0.2, 0) is 13.0 Å². The zero-order valence-corrected chi connectivity index (χ0v) is 17.4. The van der Waals surface area contributed by atoms with Gasteiger partial charge in [-0.2, -0.15) is 0 Å². The Morgan fingerprint density at radius 3 is 2.71 bits per heavy atom. The van der Waals surface area contributed by atoms with Crippen LogP contribution in [0.1, 0.15) is 11.1 Å². The minimum Gasteiger partial charge on any atom is -0.491 e.